The number of nitrogens with two attached hydrogens (primary N) is 1. The Kier molecular flexibility index (Phi) is 7.76. The maximum absolute atomic E-state index is 6.19. The normalized spacial score (nSPS) is 14.0. The van der Waals surface area contributed by atoms with Gasteiger partial charge in [-0.05, 0) is 63.6 Å². The van der Waals surface area contributed by atoms with Crippen LogP contribution in [0.25, 0.3) is 0 Å². The molecule has 0 unspecified atom stereocenters. The molecule has 28 heavy (non-hydrogen) atoms. The van der Waals surface area contributed by atoms with Crippen LogP contribution < -0.4 is 10.5 Å². The van der Waals surface area contributed by atoms with Crippen LogP contribution in [0.1, 0.15) is 39.7 Å². The van der Waals surface area contributed by atoms with Crippen LogP contribution in [-0.4, -0.2) is 18.5 Å². The molecule has 2 rings (SSSR count). The number of nitrogens with zero attached hydrogens (tertiary/aromatic N) is 2. The van der Waals surface area contributed by atoms with Crippen LogP contribution in [0, 0.1) is 0 Å². The summed E-state index contributed by atoms with van der Waals surface area (Å²) in [6.07, 6.45) is 2.86. The van der Waals surface area contributed by atoms with Gasteiger partial charge in [0.2, 0.25) is 0 Å². The Morgan fingerprint density at radius 1 is 0.964 bits per heavy atom. The maximum atomic E-state index is 6.19. The smallest absolute Gasteiger partial charge is 0.127 e. The SMILES string of the molecule is CC/C(C)=C/N=C(C)/C(C(=NC)c1ccc(Oc2ccccc2)cc1)=C(\C)N. The van der Waals surface area contributed by atoms with Crippen molar-refractivity contribution in [2.24, 2.45) is 15.7 Å². The fourth-order valence-electron chi connectivity index (χ4n) is 2.70. The van der Waals surface area contributed by atoms with Gasteiger partial charge in [-0.2, -0.15) is 0 Å². The first-order valence-electron chi connectivity index (χ1n) is 9.43. The van der Waals surface area contributed by atoms with E-state index in [1.807, 2.05) is 74.6 Å². The molecule has 0 bridgehead atoms. The summed E-state index contributed by atoms with van der Waals surface area (Å²) in [5.41, 5.74) is 11.6. The summed E-state index contributed by atoms with van der Waals surface area (Å²) < 4.78 is 5.87. The molecule has 0 aromatic heterocycles. The van der Waals surface area contributed by atoms with Crippen LogP contribution in [-0.2, 0) is 0 Å². The Labute approximate surface area is 168 Å². The van der Waals surface area contributed by atoms with E-state index >= 15 is 0 Å². The minimum atomic E-state index is 0.689. The lowest BCUT2D eigenvalue weighted by Crippen LogP contribution is -2.17. The van der Waals surface area contributed by atoms with Crippen molar-refractivity contribution >= 4 is 11.4 Å². The van der Waals surface area contributed by atoms with Gasteiger partial charge in [-0.3, -0.25) is 9.98 Å². The molecule has 0 amide bonds. The average Bonchev–Trinajstić information content (AvgIpc) is 2.71. The molecule has 0 aliphatic carbocycles. The zero-order valence-electron chi connectivity index (χ0n) is 17.4. The Morgan fingerprint density at radius 2 is 1.57 bits per heavy atom. The third-order valence-electron chi connectivity index (χ3n) is 4.36. The van der Waals surface area contributed by atoms with Gasteiger partial charge in [-0.1, -0.05) is 30.7 Å². The van der Waals surface area contributed by atoms with Crippen LogP contribution in [0.5, 0.6) is 11.5 Å². The summed E-state index contributed by atoms with van der Waals surface area (Å²) in [6.45, 7) is 8.02. The van der Waals surface area contributed by atoms with Crippen LogP contribution >= 0.6 is 0 Å². The number of aliphatic imine (C=N–C) groups is 2. The van der Waals surface area contributed by atoms with E-state index in [1.54, 1.807) is 7.05 Å². The van der Waals surface area contributed by atoms with Gasteiger partial charge in [0, 0.05) is 35.8 Å². The van der Waals surface area contributed by atoms with E-state index in [1.165, 1.54) is 5.57 Å². The number of ether oxygens (including phenoxy) is 1. The monoisotopic (exact) mass is 375 g/mol. The molecule has 4 nitrogen and oxygen atoms in total. The summed E-state index contributed by atoms with van der Waals surface area (Å²) in [5, 5.41) is 0. The van der Waals surface area contributed by atoms with Gasteiger partial charge in [0.1, 0.15) is 11.5 Å². The summed E-state index contributed by atoms with van der Waals surface area (Å²) >= 11 is 0. The largest absolute Gasteiger partial charge is 0.457 e. The molecular weight excluding hydrogens is 346 g/mol. The molecule has 0 saturated heterocycles. The van der Waals surface area contributed by atoms with E-state index in [4.69, 9.17) is 10.5 Å². The second kappa shape index (κ2) is 10.3. The molecule has 0 radical (unpaired) electrons. The summed E-state index contributed by atoms with van der Waals surface area (Å²) in [5.74, 6) is 1.58. The molecule has 4 heteroatoms. The Bertz CT molecular complexity index is 901. The molecule has 2 aromatic carbocycles. The van der Waals surface area contributed by atoms with Crippen molar-refractivity contribution in [3.05, 3.63) is 83.2 Å². The Morgan fingerprint density at radius 3 is 2.11 bits per heavy atom. The highest BCUT2D eigenvalue weighted by molar-refractivity contribution is 6.30. The van der Waals surface area contributed by atoms with E-state index < -0.39 is 0 Å². The molecule has 0 heterocycles. The molecule has 0 spiro atoms. The maximum Gasteiger partial charge on any atom is 0.127 e. The molecule has 0 saturated carbocycles. The predicted octanol–water partition coefficient (Wildman–Crippen LogP) is 5.91. The molecule has 0 aliphatic heterocycles. The van der Waals surface area contributed by atoms with Gasteiger partial charge in [-0.25, -0.2) is 0 Å². The van der Waals surface area contributed by atoms with Gasteiger partial charge in [0.25, 0.3) is 0 Å². The average molecular weight is 376 g/mol. The zero-order chi connectivity index (χ0) is 20.5. The van der Waals surface area contributed by atoms with Crippen LogP contribution in [0.4, 0.5) is 0 Å². The number of rotatable bonds is 7. The number of benzene rings is 2. The van der Waals surface area contributed by atoms with Crippen LogP contribution in [0.15, 0.2) is 87.6 Å². The standard InChI is InChI=1S/C24H29N3O/c1-6-17(2)16-27-19(4)23(18(3)25)24(26-5)20-12-14-22(15-13-20)28-21-10-8-7-9-11-21/h7-16H,6,25H2,1-5H3/b17-16+,23-18-,26-24?,27-19+. The molecule has 2 N–H and O–H groups in total. The van der Waals surface area contributed by atoms with Crippen molar-refractivity contribution in [1.29, 1.82) is 0 Å². The molecule has 0 fully saturated rings. The highest BCUT2D eigenvalue weighted by atomic mass is 16.5. The topological polar surface area (TPSA) is 60.0 Å². The van der Waals surface area contributed by atoms with Gasteiger partial charge in [0.15, 0.2) is 0 Å². The number of para-hydroxylation sites is 1. The van der Waals surface area contributed by atoms with E-state index in [0.717, 1.165) is 40.5 Å². The third kappa shape index (κ3) is 5.68. The summed E-state index contributed by atoms with van der Waals surface area (Å²) in [7, 11) is 1.77. The van der Waals surface area contributed by atoms with Crippen molar-refractivity contribution in [2.45, 2.75) is 34.1 Å². The van der Waals surface area contributed by atoms with Crippen molar-refractivity contribution < 1.29 is 4.74 Å². The van der Waals surface area contributed by atoms with Gasteiger partial charge in [0.05, 0.1) is 5.71 Å². The Balaban J connectivity index is 2.31. The molecule has 2 aromatic rings. The Hall–Kier alpha value is -3.14. The number of hydrogen-bond acceptors (Lipinski definition) is 4. The first-order chi connectivity index (χ1) is 13.5. The summed E-state index contributed by atoms with van der Waals surface area (Å²) in [6, 6.07) is 17.6. The van der Waals surface area contributed by atoms with Gasteiger partial charge in [-0.15, -0.1) is 0 Å². The molecular formula is C24H29N3O. The lowest BCUT2D eigenvalue weighted by atomic mass is 9.97. The van der Waals surface area contributed by atoms with E-state index in [0.29, 0.717) is 5.70 Å². The van der Waals surface area contributed by atoms with Crippen LogP contribution in [0.2, 0.25) is 0 Å². The minimum absolute atomic E-state index is 0.689. The molecule has 146 valence electrons. The van der Waals surface area contributed by atoms with E-state index in [2.05, 4.69) is 23.8 Å². The fourth-order valence-corrected chi connectivity index (χ4v) is 2.70. The van der Waals surface area contributed by atoms with Gasteiger partial charge >= 0.3 is 0 Å². The third-order valence-corrected chi connectivity index (χ3v) is 4.36. The van der Waals surface area contributed by atoms with Crippen molar-refractivity contribution in [3.63, 3.8) is 0 Å². The molecule has 0 aliphatic rings. The van der Waals surface area contributed by atoms with E-state index in [-0.39, 0.29) is 0 Å². The van der Waals surface area contributed by atoms with Crippen molar-refractivity contribution in [1.82, 2.24) is 0 Å². The van der Waals surface area contributed by atoms with Crippen LogP contribution in [0.3, 0.4) is 0 Å². The highest BCUT2D eigenvalue weighted by Gasteiger charge is 2.15. The fraction of sp³-hybridized carbons (Fsp3) is 0.250. The lowest BCUT2D eigenvalue weighted by Gasteiger charge is -2.14. The second-order valence-electron chi connectivity index (χ2n) is 6.61. The highest BCUT2D eigenvalue weighted by Crippen LogP contribution is 2.23. The predicted molar refractivity (Wildman–Crippen MR) is 119 cm³/mol. The first kappa shape index (κ1) is 21.2. The first-order valence-corrected chi connectivity index (χ1v) is 9.43. The van der Waals surface area contributed by atoms with E-state index in [9.17, 15) is 0 Å². The minimum Gasteiger partial charge on any atom is -0.457 e. The second-order valence-corrected chi connectivity index (χ2v) is 6.61. The summed E-state index contributed by atoms with van der Waals surface area (Å²) in [4.78, 5) is 9.09. The van der Waals surface area contributed by atoms with Crippen molar-refractivity contribution in [2.75, 3.05) is 7.05 Å². The molecule has 0 atom stereocenters. The number of allylic oxidation sites excluding steroid dienone is 3. The lowest BCUT2D eigenvalue weighted by molar-refractivity contribution is 0.482. The zero-order valence-corrected chi connectivity index (χ0v) is 17.4. The van der Waals surface area contributed by atoms with Crippen molar-refractivity contribution in [3.8, 4) is 11.5 Å². The van der Waals surface area contributed by atoms with Gasteiger partial charge < -0.3 is 10.5 Å². The quantitative estimate of drug-likeness (QED) is 0.612. The number of hydrogen-bond donors (Lipinski definition) is 1.